The van der Waals surface area contributed by atoms with Gasteiger partial charge in [-0.15, -0.1) is 0 Å². The van der Waals surface area contributed by atoms with E-state index in [9.17, 15) is 18.0 Å². The van der Waals surface area contributed by atoms with Gasteiger partial charge in [0.1, 0.15) is 5.75 Å². The number of ether oxygens (including phenoxy) is 1. The van der Waals surface area contributed by atoms with Crippen LogP contribution < -0.4 is 9.64 Å². The lowest BCUT2D eigenvalue weighted by Gasteiger charge is -2.36. The molecule has 0 spiro atoms. The molecule has 2 aromatic carbocycles. The maximum Gasteiger partial charge on any atom is 0.243 e. The SMILES string of the molecule is COc1ccc(N(C(=O)C2CCN(S(=O)(=O)c3cccc(C(C)=O)c3)CC2)C(C)C2CC2)cc1. The molecule has 2 fully saturated rings. The van der Waals surface area contributed by atoms with Crippen LogP contribution in [0.25, 0.3) is 0 Å². The van der Waals surface area contributed by atoms with Crippen molar-refractivity contribution >= 4 is 27.4 Å². The van der Waals surface area contributed by atoms with Crippen LogP contribution in [-0.4, -0.2) is 50.7 Å². The van der Waals surface area contributed by atoms with Gasteiger partial charge >= 0.3 is 0 Å². The van der Waals surface area contributed by atoms with E-state index in [0.29, 0.717) is 24.3 Å². The Labute approximate surface area is 201 Å². The summed E-state index contributed by atoms with van der Waals surface area (Å²) in [5, 5.41) is 0. The Morgan fingerprint density at radius 3 is 2.24 bits per heavy atom. The molecule has 0 N–H and O–H groups in total. The summed E-state index contributed by atoms with van der Waals surface area (Å²) in [4.78, 5) is 27.4. The van der Waals surface area contributed by atoms with Crippen LogP contribution in [0.4, 0.5) is 5.69 Å². The lowest BCUT2D eigenvalue weighted by atomic mass is 9.95. The Morgan fingerprint density at radius 2 is 1.68 bits per heavy atom. The maximum atomic E-state index is 13.7. The molecule has 2 aromatic rings. The monoisotopic (exact) mass is 484 g/mol. The van der Waals surface area contributed by atoms with E-state index < -0.39 is 10.0 Å². The molecule has 34 heavy (non-hydrogen) atoms. The van der Waals surface area contributed by atoms with Crippen LogP contribution in [0, 0.1) is 11.8 Å². The zero-order chi connectivity index (χ0) is 24.5. The Kier molecular flexibility index (Phi) is 7.09. The number of carbonyl (C=O) groups is 2. The zero-order valence-corrected chi connectivity index (χ0v) is 20.8. The van der Waals surface area contributed by atoms with Gasteiger partial charge in [-0.1, -0.05) is 12.1 Å². The van der Waals surface area contributed by atoms with E-state index in [2.05, 4.69) is 6.92 Å². The van der Waals surface area contributed by atoms with Crippen molar-refractivity contribution in [1.29, 1.82) is 0 Å². The predicted octanol–water partition coefficient (Wildman–Crippen LogP) is 4.13. The molecule has 0 bridgehead atoms. The first kappa shape index (κ1) is 24.4. The number of sulfonamides is 1. The molecule has 1 saturated carbocycles. The summed E-state index contributed by atoms with van der Waals surface area (Å²) in [6.07, 6.45) is 3.18. The lowest BCUT2D eigenvalue weighted by molar-refractivity contribution is -0.124. The summed E-state index contributed by atoms with van der Waals surface area (Å²) >= 11 is 0. The van der Waals surface area contributed by atoms with Gasteiger partial charge in [0.2, 0.25) is 15.9 Å². The van der Waals surface area contributed by atoms with Crippen LogP contribution >= 0.6 is 0 Å². The molecule has 1 atom stereocenters. The van der Waals surface area contributed by atoms with Gasteiger partial charge in [-0.2, -0.15) is 4.31 Å². The minimum absolute atomic E-state index is 0.0557. The number of Topliss-reactive ketones (excluding diaryl/α,β-unsaturated/α-hetero) is 1. The van der Waals surface area contributed by atoms with Crippen molar-refractivity contribution in [2.75, 3.05) is 25.1 Å². The highest BCUT2D eigenvalue weighted by molar-refractivity contribution is 7.89. The first-order valence-electron chi connectivity index (χ1n) is 11.8. The summed E-state index contributed by atoms with van der Waals surface area (Å²) in [5.74, 6) is 0.880. The van der Waals surface area contributed by atoms with Crippen LogP contribution in [0.15, 0.2) is 53.4 Å². The van der Waals surface area contributed by atoms with E-state index >= 15 is 0 Å². The van der Waals surface area contributed by atoms with Gasteiger partial charge in [-0.25, -0.2) is 8.42 Å². The van der Waals surface area contributed by atoms with Gasteiger partial charge < -0.3 is 9.64 Å². The van der Waals surface area contributed by atoms with Gasteiger partial charge in [0.15, 0.2) is 5.78 Å². The van der Waals surface area contributed by atoms with Gasteiger partial charge in [-0.3, -0.25) is 9.59 Å². The van der Waals surface area contributed by atoms with E-state index in [1.54, 1.807) is 19.2 Å². The Morgan fingerprint density at radius 1 is 1.03 bits per heavy atom. The second kappa shape index (κ2) is 9.88. The minimum atomic E-state index is -3.72. The normalized spacial score (nSPS) is 18.3. The Hall–Kier alpha value is -2.71. The minimum Gasteiger partial charge on any atom is -0.497 e. The molecule has 1 unspecified atom stereocenters. The number of piperidine rings is 1. The van der Waals surface area contributed by atoms with Crippen molar-refractivity contribution in [1.82, 2.24) is 4.31 Å². The fourth-order valence-corrected chi connectivity index (χ4v) is 6.18. The lowest BCUT2D eigenvalue weighted by Crippen LogP contribution is -2.47. The average Bonchev–Trinajstić information content (AvgIpc) is 3.70. The highest BCUT2D eigenvalue weighted by Crippen LogP contribution is 2.38. The van der Waals surface area contributed by atoms with E-state index in [1.165, 1.54) is 23.4 Å². The number of carbonyl (C=O) groups excluding carboxylic acids is 2. The third-order valence-electron chi connectivity index (χ3n) is 6.98. The van der Waals surface area contributed by atoms with Gasteiger partial charge in [-0.05, 0) is 81.8 Å². The second-order valence-electron chi connectivity index (χ2n) is 9.25. The predicted molar refractivity (Wildman–Crippen MR) is 131 cm³/mol. The number of hydrogen-bond donors (Lipinski definition) is 0. The first-order chi connectivity index (χ1) is 16.2. The molecule has 7 nitrogen and oxygen atoms in total. The fourth-order valence-electron chi connectivity index (χ4n) is 4.66. The number of anilines is 1. The number of hydrogen-bond acceptors (Lipinski definition) is 5. The second-order valence-corrected chi connectivity index (χ2v) is 11.2. The number of ketones is 1. The molecule has 1 aliphatic heterocycles. The quantitative estimate of drug-likeness (QED) is 0.526. The zero-order valence-electron chi connectivity index (χ0n) is 19.9. The van der Waals surface area contributed by atoms with Crippen molar-refractivity contribution in [3.63, 3.8) is 0 Å². The number of nitrogens with zero attached hydrogens (tertiary/aromatic N) is 2. The van der Waals surface area contributed by atoms with Crippen molar-refractivity contribution in [3.8, 4) is 5.75 Å². The van der Waals surface area contributed by atoms with E-state index in [-0.39, 0.29) is 41.6 Å². The highest BCUT2D eigenvalue weighted by atomic mass is 32.2. The Bertz CT molecular complexity index is 1150. The number of rotatable bonds is 8. The summed E-state index contributed by atoms with van der Waals surface area (Å²) in [7, 11) is -2.11. The average molecular weight is 485 g/mol. The molecular weight excluding hydrogens is 452 g/mol. The molecule has 0 aromatic heterocycles. The van der Waals surface area contributed by atoms with Crippen molar-refractivity contribution in [2.24, 2.45) is 11.8 Å². The first-order valence-corrected chi connectivity index (χ1v) is 13.2. The number of methoxy groups -OCH3 is 1. The molecule has 1 saturated heterocycles. The molecule has 1 aliphatic carbocycles. The fraction of sp³-hybridized carbons (Fsp3) is 0.462. The van der Waals surface area contributed by atoms with E-state index in [1.807, 2.05) is 29.2 Å². The number of benzene rings is 2. The molecule has 1 heterocycles. The summed E-state index contributed by atoms with van der Waals surface area (Å²) in [6.45, 7) is 4.07. The van der Waals surface area contributed by atoms with Gasteiger partial charge in [0.05, 0.1) is 12.0 Å². The van der Waals surface area contributed by atoms with Crippen LogP contribution in [0.1, 0.15) is 49.9 Å². The molecule has 182 valence electrons. The van der Waals surface area contributed by atoms with E-state index in [4.69, 9.17) is 4.74 Å². The molecule has 2 aliphatic rings. The number of amides is 1. The molecule has 4 rings (SSSR count). The molecular formula is C26H32N2O5S. The van der Waals surface area contributed by atoms with Crippen molar-refractivity contribution in [2.45, 2.75) is 50.5 Å². The molecule has 8 heteroatoms. The van der Waals surface area contributed by atoms with Crippen LogP contribution in [0.2, 0.25) is 0 Å². The van der Waals surface area contributed by atoms with E-state index in [0.717, 1.165) is 24.3 Å². The van der Waals surface area contributed by atoms with Gasteiger partial charge in [0, 0.05) is 36.3 Å². The standard InChI is InChI=1S/C26H32N2O5S/c1-18(20-7-8-20)28(23-9-11-24(33-3)12-10-23)26(30)21-13-15-27(16-14-21)34(31,32)25-6-4-5-22(17-25)19(2)29/h4-6,9-12,17-18,20-21H,7-8,13-16H2,1-3H3. The van der Waals surface area contributed by atoms with Crippen LogP contribution in [0.5, 0.6) is 5.75 Å². The third-order valence-corrected chi connectivity index (χ3v) is 8.88. The summed E-state index contributed by atoms with van der Waals surface area (Å²) in [5.41, 5.74) is 1.22. The van der Waals surface area contributed by atoms with Crippen LogP contribution in [-0.2, 0) is 14.8 Å². The van der Waals surface area contributed by atoms with Gasteiger partial charge in [0.25, 0.3) is 0 Å². The molecule has 1 amide bonds. The third kappa shape index (κ3) is 5.03. The van der Waals surface area contributed by atoms with Crippen molar-refractivity contribution < 1.29 is 22.7 Å². The summed E-state index contributed by atoms with van der Waals surface area (Å²) < 4.78 is 33.0. The summed E-state index contributed by atoms with van der Waals surface area (Å²) in [6, 6.07) is 13.8. The smallest absolute Gasteiger partial charge is 0.243 e. The molecule has 0 radical (unpaired) electrons. The maximum absolute atomic E-state index is 13.7. The Balaban J connectivity index is 1.49. The van der Waals surface area contributed by atoms with Crippen LogP contribution in [0.3, 0.4) is 0 Å². The topological polar surface area (TPSA) is 84.0 Å². The van der Waals surface area contributed by atoms with Crippen molar-refractivity contribution in [3.05, 3.63) is 54.1 Å². The largest absolute Gasteiger partial charge is 0.497 e. The highest BCUT2D eigenvalue weighted by Gasteiger charge is 2.39.